The third kappa shape index (κ3) is 3.98. The van der Waals surface area contributed by atoms with Crippen LogP contribution < -0.4 is 5.32 Å². The van der Waals surface area contributed by atoms with E-state index in [9.17, 15) is 4.79 Å². The molecule has 2 heterocycles. The molecule has 0 saturated carbocycles. The molecular weight excluding hydrogens is 308 g/mol. The second-order valence-electron chi connectivity index (χ2n) is 6.21. The molecule has 1 aromatic carbocycles. The Morgan fingerprint density at radius 2 is 2.21 bits per heavy atom. The SMILES string of the molecule is CC(=O)NCc1cccc(-c2nnc([C@H]3CN(C)C[C@@H](C)O3)o2)c1. The molecule has 1 N–H and O–H groups in total. The highest BCUT2D eigenvalue weighted by atomic mass is 16.5. The largest absolute Gasteiger partial charge is 0.418 e. The molecule has 3 rings (SSSR count). The quantitative estimate of drug-likeness (QED) is 0.920. The number of carbonyl (C=O) groups is 1. The number of nitrogens with zero attached hydrogens (tertiary/aromatic N) is 3. The average Bonchev–Trinajstić information content (AvgIpc) is 3.02. The van der Waals surface area contributed by atoms with Crippen LogP contribution in [0.15, 0.2) is 28.7 Å². The number of aromatic nitrogens is 2. The van der Waals surface area contributed by atoms with Gasteiger partial charge in [0.1, 0.15) is 6.10 Å². The lowest BCUT2D eigenvalue weighted by atomic mass is 10.1. The van der Waals surface area contributed by atoms with Gasteiger partial charge in [-0.05, 0) is 31.7 Å². The molecule has 1 saturated heterocycles. The third-order valence-corrected chi connectivity index (χ3v) is 3.87. The van der Waals surface area contributed by atoms with Gasteiger partial charge < -0.3 is 19.4 Å². The lowest BCUT2D eigenvalue weighted by Crippen LogP contribution is -2.40. The molecule has 2 atom stereocenters. The molecule has 1 aliphatic heterocycles. The molecular formula is C17H22N4O3. The van der Waals surface area contributed by atoms with Gasteiger partial charge in [0.15, 0.2) is 0 Å². The molecule has 0 unspecified atom stereocenters. The number of ether oxygens (including phenoxy) is 1. The number of morpholine rings is 1. The first kappa shape index (κ1) is 16.6. The maximum atomic E-state index is 11.0. The second kappa shape index (κ2) is 7.11. The van der Waals surface area contributed by atoms with Crippen LogP contribution in [0.4, 0.5) is 0 Å². The molecule has 1 amide bonds. The summed E-state index contributed by atoms with van der Waals surface area (Å²) in [7, 11) is 2.05. The summed E-state index contributed by atoms with van der Waals surface area (Å²) < 4.78 is 11.7. The topological polar surface area (TPSA) is 80.5 Å². The van der Waals surface area contributed by atoms with Gasteiger partial charge >= 0.3 is 0 Å². The zero-order valence-corrected chi connectivity index (χ0v) is 14.2. The van der Waals surface area contributed by atoms with Gasteiger partial charge in [-0.2, -0.15) is 0 Å². The van der Waals surface area contributed by atoms with Crippen LogP contribution >= 0.6 is 0 Å². The van der Waals surface area contributed by atoms with Crippen molar-refractivity contribution in [2.24, 2.45) is 0 Å². The number of nitrogens with one attached hydrogen (secondary N) is 1. The molecule has 0 aliphatic carbocycles. The van der Waals surface area contributed by atoms with Gasteiger partial charge in [0, 0.05) is 32.1 Å². The van der Waals surface area contributed by atoms with E-state index in [0.717, 1.165) is 24.2 Å². The van der Waals surface area contributed by atoms with Crippen molar-refractivity contribution >= 4 is 5.91 Å². The second-order valence-corrected chi connectivity index (χ2v) is 6.21. The van der Waals surface area contributed by atoms with Crippen LogP contribution in [0.5, 0.6) is 0 Å². The zero-order chi connectivity index (χ0) is 17.1. The number of carbonyl (C=O) groups excluding carboxylic acids is 1. The molecule has 2 aromatic rings. The van der Waals surface area contributed by atoms with Gasteiger partial charge in [-0.25, -0.2) is 0 Å². The standard InChI is InChI=1S/C17H22N4O3/c1-11-9-21(3)10-15(23-11)17-20-19-16(24-17)14-6-4-5-13(7-14)8-18-12(2)22/h4-7,11,15H,8-10H2,1-3H3,(H,18,22)/t11-,15-/m1/s1. The van der Waals surface area contributed by atoms with Gasteiger partial charge in [0.05, 0.1) is 6.10 Å². The highest BCUT2D eigenvalue weighted by Crippen LogP contribution is 2.26. The van der Waals surface area contributed by atoms with Gasteiger partial charge in [-0.15, -0.1) is 10.2 Å². The summed E-state index contributed by atoms with van der Waals surface area (Å²) in [4.78, 5) is 13.2. The van der Waals surface area contributed by atoms with E-state index in [1.807, 2.05) is 31.2 Å². The van der Waals surface area contributed by atoms with E-state index in [0.29, 0.717) is 18.3 Å². The van der Waals surface area contributed by atoms with E-state index in [1.165, 1.54) is 6.92 Å². The number of hydrogen-bond donors (Lipinski definition) is 1. The van der Waals surface area contributed by atoms with Crippen LogP contribution in [0.25, 0.3) is 11.5 Å². The lowest BCUT2D eigenvalue weighted by molar-refractivity contribution is -0.119. The van der Waals surface area contributed by atoms with Crippen molar-refractivity contribution in [1.82, 2.24) is 20.4 Å². The molecule has 7 nitrogen and oxygen atoms in total. The Morgan fingerprint density at radius 1 is 1.38 bits per heavy atom. The highest BCUT2D eigenvalue weighted by molar-refractivity contribution is 5.72. The fourth-order valence-corrected chi connectivity index (χ4v) is 2.82. The van der Waals surface area contributed by atoms with Crippen LogP contribution in [0, 0.1) is 0 Å². The Kier molecular flexibility index (Phi) is 4.92. The van der Waals surface area contributed by atoms with Crippen molar-refractivity contribution in [3.63, 3.8) is 0 Å². The van der Waals surface area contributed by atoms with E-state index < -0.39 is 0 Å². The Bertz CT molecular complexity index is 705. The molecule has 1 fully saturated rings. The number of benzene rings is 1. The van der Waals surface area contributed by atoms with Gasteiger partial charge in [0.25, 0.3) is 0 Å². The number of likely N-dealkylation sites (N-methyl/N-ethyl adjacent to an activating group) is 1. The minimum Gasteiger partial charge on any atom is -0.418 e. The summed E-state index contributed by atoms with van der Waals surface area (Å²) >= 11 is 0. The first-order chi connectivity index (χ1) is 11.5. The van der Waals surface area contributed by atoms with Crippen molar-refractivity contribution in [1.29, 1.82) is 0 Å². The van der Waals surface area contributed by atoms with E-state index in [-0.39, 0.29) is 18.1 Å². The van der Waals surface area contributed by atoms with Crippen molar-refractivity contribution in [3.8, 4) is 11.5 Å². The Balaban J connectivity index is 1.75. The van der Waals surface area contributed by atoms with Crippen molar-refractivity contribution in [3.05, 3.63) is 35.7 Å². The Morgan fingerprint density at radius 3 is 2.96 bits per heavy atom. The fraction of sp³-hybridized carbons (Fsp3) is 0.471. The van der Waals surface area contributed by atoms with E-state index in [1.54, 1.807) is 0 Å². The lowest BCUT2D eigenvalue weighted by Gasteiger charge is -2.32. The first-order valence-corrected chi connectivity index (χ1v) is 8.02. The minimum atomic E-state index is -0.206. The summed E-state index contributed by atoms with van der Waals surface area (Å²) in [5, 5.41) is 11.1. The predicted molar refractivity (Wildman–Crippen MR) is 88.0 cm³/mol. The first-order valence-electron chi connectivity index (χ1n) is 8.02. The number of hydrogen-bond acceptors (Lipinski definition) is 6. The monoisotopic (exact) mass is 330 g/mol. The summed E-state index contributed by atoms with van der Waals surface area (Å²) in [6, 6.07) is 7.69. The predicted octanol–water partition coefficient (Wildman–Crippen LogP) is 1.76. The molecule has 0 spiro atoms. The van der Waals surface area contributed by atoms with Crippen LogP contribution in [-0.2, 0) is 16.1 Å². The van der Waals surface area contributed by atoms with Crippen molar-refractivity contribution in [2.75, 3.05) is 20.1 Å². The van der Waals surface area contributed by atoms with E-state index in [4.69, 9.17) is 9.15 Å². The molecule has 0 radical (unpaired) electrons. The number of rotatable bonds is 4. The molecule has 128 valence electrons. The van der Waals surface area contributed by atoms with Crippen molar-refractivity contribution < 1.29 is 13.9 Å². The maximum absolute atomic E-state index is 11.0. The maximum Gasteiger partial charge on any atom is 0.247 e. The molecule has 1 aliphatic rings. The van der Waals surface area contributed by atoms with Crippen molar-refractivity contribution in [2.45, 2.75) is 32.6 Å². The van der Waals surface area contributed by atoms with Gasteiger partial charge in [0.2, 0.25) is 17.7 Å². The molecule has 1 aromatic heterocycles. The van der Waals surface area contributed by atoms with Gasteiger partial charge in [-0.3, -0.25) is 4.79 Å². The van der Waals surface area contributed by atoms with Gasteiger partial charge in [-0.1, -0.05) is 12.1 Å². The molecule has 24 heavy (non-hydrogen) atoms. The Hall–Kier alpha value is -2.25. The Labute approximate surface area is 141 Å². The van der Waals surface area contributed by atoms with Crippen LogP contribution in [0.1, 0.15) is 31.4 Å². The summed E-state index contributed by atoms with van der Waals surface area (Å²) in [6.07, 6.45) is -0.0763. The van der Waals surface area contributed by atoms with E-state index >= 15 is 0 Å². The van der Waals surface area contributed by atoms with Crippen LogP contribution in [0.2, 0.25) is 0 Å². The highest BCUT2D eigenvalue weighted by Gasteiger charge is 2.28. The summed E-state index contributed by atoms with van der Waals surface area (Å²) in [5.74, 6) is 0.892. The minimum absolute atomic E-state index is 0.0619. The summed E-state index contributed by atoms with van der Waals surface area (Å²) in [6.45, 7) is 5.62. The normalized spacial score (nSPS) is 21.6. The number of amides is 1. The summed E-state index contributed by atoms with van der Waals surface area (Å²) in [5.41, 5.74) is 1.80. The average molecular weight is 330 g/mol. The molecule has 7 heteroatoms. The van der Waals surface area contributed by atoms with E-state index in [2.05, 4.69) is 27.5 Å². The van der Waals surface area contributed by atoms with Crippen LogP contribution in [0.3, 0.4) is 0 Å². The van der Waals surface area contributed by atoms with Crippen LogP contribution in [-0.4, -0.2) is 47.2 Å². The fourth-order valence-electron chi connectivity index (χ4n) is 2.82. The third-order valence-electron chi connectivity index (χ3n) is 3.87. The molecule has 0 bridgehead atoms. The smallest absolute Gasteiger partial charge is 0.247 e. The zero-order valence-electron chi connectivity index (χ0n) is 14.2.